The fraction of sp³-hybridized carbons (Fsp3) is 0.923. The van der Waals surface area contributed by atoms with Crippen molar-refractivity contribution >= 4 is 6.09 Å². The summed E-state index contributed by atoms with van der Waals surface area (Å²) in [6.07, 6.45) is 4.75. The molecule has 1 aliphatic heterocycles. The van der Waals surface area contributed by atoms with Gasteiger partial charge in [0.05, 0.1) is 0 Å². The molecule has 0 unspecified atom stereocenters. The van der Waals surface area contributed by atoms with Crippen LogP contribution in [0.25, 0.3) is 0 Å². The second kappa shape index (κ2) is 5.55. The summed E-state index contributed by atoms with van der Waals surface area (Å²) in [6, 6.07) is 0. The molecule has 0 aromatic rings. The van der Waals surface area contributed by atoms with E-state index in [0.29, 0.717) is 5.92 Å². The summed E-state index contributed by atoms with van der Waals surface area (Å²) >= 11 is 0. The number of carbonyl (C=O) groups excluding carboxylic acids is 1. The third-order valence-electron chi connectivity index (χ3n) is 2.90. The fourth-order valence-corrected chi connectivity index (χ4v) is 2.05. The van der Waals surface area contributed by atoms with Gasteiger partial charge in [-0.25, -0.2) is 4.79 Å². The summed E-state index contributed by atoms with van der Waals surface area (Å²) in [5, 5.41) is 0. The van der Waals surface area contributed by atoms with E-state index in [9.17, 15) is 4.79 Å². The number of hydrogen-bond acceptors (Lipinski definition) is 2. The van der Waals surface area contributed by atoms with Gasteiger partial charge in [-0.3, -0.25) is 0 Å². The van der Waals surface area contributed by atoms with E-state index in [4.69, 9.17) is 4.74 Å². The third-order valence-corrected chi connectivity index (χ3v) is 2.90. The second-order valence-corrected chi connectivity index (χ2v) is 5.72. The summed E-state index contributed by atoms with van der Waals surface area (Å²) in [4.78, 5) is 13.6. The molecule has 0 saturated carbocycles. The van der Waals surface area contributed by atoms with Crippen molar-refractivity contribution in [2.45, 2.75) is 59.0 Å². The van der Waals surface area contributed by atoms with E-state index in [-0.39, 0.29) is 11.7 Å². The Balaban J connectivity index is 2.32. The molecule has 1 aliphatic rings. The molecule has 0 aromatic heterocycles. The van der Waals surface area contributed by atoms with Gasteiger partial charge in [-0.1, -0.05) is 19.8 Å². The number of likely N-dealkylation sites (tertiary alicyclic amines) is 1. The van der Waals surface area contributed by atoms with E-state index in [1.807, 2.05) is 25.7 Å². The van der Waals surface area contributed by atoms with Crippen LogP contribution in [0.1, 0.15) is 53.4 Å². The normalized spacial score (nSPS) is 21.2. The molecule has 1 heterocycles. The Morgan fingerprint density at radius 3 is 2.69 bits per heavy atom. The molecule has 0 bridgehead atoms. The zero-order chi connectivity index (χ0) is 12.2. The summed E-state index contributed by atoms with van der Waals surface area (Å²) < 4.78 is 5.36. The number of amides is 1. The van der Waals surface area contributed by atoms with Crippen LogP contribution >= 0.6 is 0 Å². The Kier molecular flexibility index (Phi) is 4.63. The Bertz CT molecular complexity index is 233. The minimum absolute atomic E-state index is 0.147. The largest absolute Gasteiger partial charge is 0.444 e. The van der Waals surface area contributed by atoms with Crippen LogP contribution in [0.5, 0.6) is 0 Å². The number of hydrogen-bond donors (Lipinski definition) is 0. The van der Waals surface area contributed by atoms with Crippen molar-refractivity contribution in [3.8, 4) is 0 Å². The van der Waals surface area contributed by atoms with Crippen molar-refractivity contribution in [3.63, 3.8) is 0 Å². The van der Waals surface area contributed by atoms with Gasteiger partial charge < -0.3 is 9.64 Å². The van der Waals surface area contributed by atoms with E-state index < -0.39 is 0 Å². The van der Waals surface area contributed by atoms with Gasteiger partial charge >= 0.3 is 6.09 Å². The van der Waals surface area contributed by atoms with E-state index in [2.05, 4.69) is 6.92 Å². The van der Waals surface area contributed by atoms with Gasteiger partial charge in [0.1, 0.15) is 5.60 Å². The molecule has 16 heavy (non-hydrogen) atoms. The van der Waals surface area contributed by atoms with Crippen LogP contribution in [0.3, 0.4) is 0 Å². The van der Waals surface area contributed by atoms with Crippen LogP contribution in [-0.2, 0) is 4.74 Å². The van der Waals surface area contributed by atoms with Crippen LogP contribution < -0.4 is 0 Å². The van der Waals surface area contributed by atoms with Crippen molar-refractivity contribution in [1.82, 2.24) is 4.90 Å². The van der Waals surface area contributed by atoms with Gasteiger partial charge in [0.15, 0.2) is 0 Å². The topological polar surface area (TPSA) is 29.5 Å². The van der Waals surface area contributed by atoms with Crippen molar-refractivity contribution in [2.24, 2.45) is 5.92 Å². The highest BCUT2D eigenvalue weighted by Gasteiger charge is 2.29. The van der Waals surface area contributed by atoms with Gasteiger partial charge in [-0.05, 0) is 39.5 Å². The summed E-state index contributed by atoms with van der Waals surface area (Å²) in [5.41, 5.74) is -0.376. The highest BCUT2D eigenvalue weighted by atomic mass is 16.6. The molecule has 3 nitrogen and oxygen atoms in total. The van der Waals surface area contributed by atoms with Gasteiger partial charge in [-0.2, -0.15) is 0 Å². The smallest absolute Gasteiger partial charge is 0.410 e. The molecule has 0 N–H and O–H groups in total. The van der Waals surface area contributed by atoms with E-state index >= 15 is 0 Å². The lowest BCUT2D eigenvalue weighted by molar-refractivity contribution is 0.0287. The van der Waals surface area contributed by atoms with E-state index in [1.54, 1.807) is 0 Å². The van der Waals surface area contributed by atoms with Gasteiger partial charge in [0.25, 0.3) is 0 Å². The highest BCUT2D eigenvalue weighted by Crippen LogP contribution is 2.23. The molecule has 1 fully saturated rings. The lowest BCUT2D eigenvalue weighted by atomic mass is 10.0. The summed E-state index contributed by atoms with van der Waals surface area (Å²) in [5.74, 6) is 0.687. The monoisotopic (exact) mass is 227 g/mol. The predicted molar refractivity (Wildman–Crippen MR) is 65.4 cm³/mol. The molecule has 1 rings (SSSR count). The molecule has 3 heteroatoms. The molecule has 1 saturated heterocycles. The number of rotatable bonds is 3. The van der Waals surface area contributed by atoms with Crippen LogP contribution in [0.15, 0.2) is 0 Å². The first-order chi connectivity index (χ1) is 7.42. The van der Waals surface area contributed by atoms with Crippen molar-refractivity contribution in [1.29, 1.82) is 0 Å². The van der Waals surface area contributed by atoms with E-state index in [1.165, 1.54) is 19.3 Å². The third kappa shape index (κ3) is 4.42. The Labute approximate surface area is 99.1 Å². The molecule has 0 spiro atoms. The number of unbranched alkanes of at least 4 members (excludes halogenated alkanes) is 1. The van der Waals surface area contributed by atoms with Crippen LogP contribution in [0, 0.1) is 5.92 Å². The molecule has 1 atom stereocenters. The minimum Gasteiger partial charge on any atom is -0.444 e. The summed E-state index contributed by atoms with van der Waals surface area (Å²) in [6.45, 7) is 9.69. The van der Waals surface area contributed by atoms with Crippen LogP contribution in [-0.4, -0.2) is 29.7 Å². The fourth-order valence-electron chi connectivity index (χ4n) is 2.05. The highest BCUT2D eigenvalue weighted by molar-refractivity contribution is 5.68. The first kappa shape index (κ1) is 13.3. The average Bonchev–Trinajstić information content (AvgIpc) is 2.60. The lowest BCUT2D eigenvalue weighted by Crippen LogP contribution is -2.35. The molecular formula is C13H25NO2. The molecule has 94 valence electrons. The lowest BCUT2D eigenvalue weighted by Gasteiger charge is -2.24. The second-order valence-electron chi connectivity index (χ2n) is 5.72. The van der Waals surface area contributed by atoms with Gasteiger partial charge in [0.2, 0.25) is 0 Å². The minimum atomic E-state index is -0.376. The SMILES string of the molecule is CCCC[C@@H]1CCN(C(=O)OC(C)(C)C)C1. The zero-order valence-electron chi connectivity index (χ0n) is 11.1. The van der Waals surface area contributed by atoms with Crippen molar-refractivity contribution in [2.75, 3.05) is 13.1 Å². The maximum absolute atomic E-state index is 11.8. The molecule has 0 aromatic carbocycles. The maximum atomic E-state index is 11.8. The quantitative estimate of drug-likeness (QED) is 0.739. The van der Waals surface area contributed by atoms with Crippen molar-refractivity contribution < 1.29 is 9.53 Å². The summed E-state index contributed by atoms with van der Waals surface area (Å²) in [7, 11) is 0. The first-order valence-electron chi connectivity index (χ1n) is 6.40. The molecule has 1 amide bonds. The molecular weight excluding hydrogens is 202 g/mol. The molecule has 0 aliphatic carbocycles. The standard InChI is InChI=1S/C13H25NO2/c1-5-6-7-11-8-9-14(10-11)12(15)16-13(2,3)4/h11H,5-10H2,1-4H3/t11-/m1/s1. The van der Waals surface area contributed by atoms with Crippen molar-refractivity contribution in [3.05, 3.63) is 0 Å². The molecule has 0 radical (unpaired) electrons. The Morgan fingerprint density at radius 2 is 2.12 bits per heavy atom. The maximum Gasteiger partial charge on any atom is 0.410 e. The first-order valence-corrected chi connectivity index (χ1v) is 6.40. The zero-order valence-corrected chi connectivity index (χ0v) is 11.1. The van der Waals surface area contributed by atoms with Gasteiger partial charge in [-0.15, -0.1) is 0 Å². The number of ether oxygens (including phenoxy) is 1. The van der Waals surface area contributed by atoms with Gasteiger partial charge in [0, 0.05) is 13.1 Å². The predicted octanol–water partition coefficient (Wildman–Crippen LogP) is 3.43. The number of carbonyl (C=O) groups is 1. The van der Waals surface area contributed by atoms with Crippen LogP contribution in [0.4, 0.5) is 4.79 Å². The number of nitrogens with zero attached hydrogens (tertiary/aromatic N) is 1. The Hall–Kier alpha value is -0.730. The van der Waals surface area contributed by atoms with Crippen LogP contribution in [0.2, 0.25) is 0 Å². The van der Waals surface area contributed by atoms with E-state index in [0.717, 1.165) is 19.5 Å². The Morgan fingerprint density at radius 1 is 1.44 bits per heavy atom. The average molecular weight is 227 g/mol.